The first-order chi connectivity index (χ1) is 4.36. The van der Waals surface area contributed by atoms with E-state index in [1.54, 1.807) is 6.07 Å². The zero-order valence-electron chi connectivity index (χ0n) is 4.98. The summed E-state index contributed by atoms with van der Waals surface area (Å²) in [5, 5.41) is 5.34. The van der Waals surface area contributed by atoms with Gasteiger partial charge in [0.1, 0.15) is 0 Å². The summed E-state index contributed by atoms with van der Waals surface area (Å²) in [6.45, 7) is 0. The molecule has 0 aromatic carbocycles. The molecule has 2 rings (SSSR count). The van der Waals surface area contributed by atoms with Crippen LogP contribution in [0.1, 0.15) is 24.5 Å². The van der Waals surface area contributed by atoms with Gasteiger partial charge in [-0.25, -0.2) is 0 Å². The van der Waals surface area contributed by atoms with Crippen molar-refractivity contribution in [1.29, 1.82) is 0 Å². The number of hydrogen-bond donors (Lipinski definition) is 2. The summed E-state index contributed by atoms with van der Waals surface area (Å²) in [4.78, 5) is 10.5. The second-order valence-electron chi connectivity index (χ2n) is 2.49. The van der Waals surface area contributed by atoms with Crippen LogP contribution < -0.4 is 5.56 Å². The maximum atomic E-state index is 10.5. The minimum atomic E-state index is -0.0168. The van der Waals surface area contributed by atoms with Crippen molar-refractivity contribution in [2.45, 2.75) is 18.8 Å². The average molecular weight is 124 g/mol. The Morgan fingerprint density at radius 1 is 1.44 bits per heavy atom. The van der Waals surface area contributed by atoms with Gasteiger partial charge in [0.25, 0.3) is 5.56 Å². The number of nitrogens with one attached hydrogen (secondary N) is 2. The van der Waals surface area contributed by atoms with E-state index in [4.69, 9.17) is 0 Å². The van der Waals surface area contributed by atoms with Crippen LogP contribution in [0.2, 0.25) is 0 Å². The Kier molecular flexibility index (Phi) is 0.806. The van der Waals surface area contributed by atoms with Crippen LogP contribution in [0.15, 0.2) is 10.9 Å². The molecule has 2 N–H and O–H groups in total. The molecule has 0 atom stereocenters. The fourth-order valence-electron chi connectivity index (χ4n) is 0.961. The lowest BCUT2D eigenvalue weighted by molar-refractivity contribution is 0.956. The van der Waals surface area contributed by atoms with Crippen molar-refractivity contribution in [2.24, 2.45) is 0 Å². The van der Waals surface area contributed by atoms with Crippen LogP contribution in [0.3, 0.4) is 0 Å². The topological polar surface area (TPSA) is 48.6 Å². The van der Waals surface area contributed by atoms with Crippen molar-refractivity contribution in [3.8, 4) is 0 Å². The number of hydrogen-bond acceptors (Lipinski definition) is 1. The Balaban J connectivity index is 2.38. The van der Waals surface area contributed by atoms with E-state index in [1.165, 1.54) is 12.8 Å². The number of aromatic nitrogens is 2. The fourth-order valence-corrected chi connectivity index (χ4v) is 0.961. The molecule has 1 aliphatic rings. The van der Waals surface area contributed by atoms with E-state index in [2.05, 4.69) is 10.2 Å². The van der Waals surface area contributed by atoms with Crippen molar-refractivity contribution in [3.05, 3.63) is 22.1 Å². The zero-order valence-corrected chi connectivity index (χ0v) is 4.98. The molecule has 0 unspecified atom stereocenters. The fraction of sp³-hybridized carbons (Fsp3) is 0.500. The van der Waals surface area contributed by atoms with Gasteiger partial charge in [0.05, 0.1) is 0 Å². The smallest absolute Gasteiger partial charge is 0.264 e. The van der Waals surface area contributed by atoms with E-state index < -0.39 is 0 Å². The van der Waals surface area contributed by atoms with Crippen LogP contribution in [-0.2, 0) is 0 Å². The third-order valence-electron chi connectivity index (χ3n) is 1.63. The largest absolute Gasteiger partial charge is 0.302 e. The summed E-state index contributed by atoms with van der Waals surface area (Å²) < 4.78 is 0. The molecule has 48 valence electrons. The predicted octanol–water partition coefficient (Wildman–Crippen LogP) is 0.580. The molecule has 0 radical (unpaired) electrons. The van der Waals surface area contributed by atoms with Gasteiger partial charge in [0.2, 0.25) is 0 Å². The quantitative estimate of drug-likeness (QED) is 0.565. The molecule has 1 aromatic rings. The van der Waals surface area contributed by atoms with Gasteiger partial charge in [-0.3, -0.25) is 9.89 Å². The van der Waals surface area contributed by atoms with Gasteiger partial charge in [-0.15, -0.1) is 0 Å². The number of H-pyrrole nitrogens is 2. The van der Waals surface area contributed by atoms with Crippen LogP contribution in [0.4, 0.5) is 0 Å². The van der Waals surface area contributed by atoms with Crippen LogP contribution in [0.5, 0.6) is 0 Å². The second kappa shape index (κ2) is 1.50. The van der Waals surface area contributed by atoms with Crippen molar-refractivity contribution in [1.82, 2.24) is 10.2 Å². The molecule has 1 fully saturated rings. The Hall–Kier alpha value is -0.990. The van der Waals surface area contributed by atoms with Crippen molar-refractivity contribution in [2.75, 3.05) is 0 Å². The lowest BCUT2D eigenvalue weighted by atomic mass is 10.3. The lowest BCUT2D eigenvalue weighted by Crippen LogP contribution is -1.93. The minimum Gasteiger partial charge on any atom is -0.302 e. The van der Waals surface area contributed by atoms with Gasteiger partial charge < -0.3 is 5.10 Å². The van der Waals surface area contributed by atoms with Crippen LogP contribution in [0.25, 0.3) is 0 Å². The van der Waals surface area contributed by atoms with Gasteiger partial charge in [-0.05, 0) is 12.8 Å². The van der Waals surface area contributed by atoms with Crippen LogP contribution in [-0.4, -0.2) is 10.2 Å². The number of aromatic amines is 2. The molecule has 9 heavy (non-hydrogen) atoms. The van der Waals surface area contributed by atoms with Gasteiger partial charge in [-0.2, -0.15) is 0 Å². The van der Waals surface area contributed by atoms with Gasteiger partial charge >= 0.3 is 0 Å². The molecule has 3 nitrogen and oxygen atoms in total. The molecule has 1 saturated carbocycles. The average Bonchev–Trinajstić information content (AvgIpc) is 2.58. The lowest BCUT2D eigenvalue weighted by Gasteiger charge is -1.83. The molecular weight excluding hydrogens is 116 g/mol. The number of rotatable bonds is 1. The Morgan fingerprint density at radius 3 is 2.67 bits per heavy atom. The Bertz CT molecular complexity index is 256. The molecule has 0 aliphatic heterocycles. The second-order valence-corrected chi connectivity index (χ2v) is 2.49. The molecule has 0 spiro atoms. The molecule has 1 heterocycles. The molecular formula is C6H8N2O. The molecule has 1 aliphatic carbocycles. The van der Waals surface area contributed by atoms with Crippen LogP contribution >= 0.6 is 0 Å². The first-order valence-electron chi connectivity index (χ1n) is 3.14. The normalized spacial score (nSPS) is 18.2. The third-order valence-corrected chi connectivity index (χ3v) is 1.63. The third kappa shape index (κ3) is 0.781. The summed E-state index contributed by atoms with van der Waals surface area (Å²) in [7, 11) is 0. The van der Waals surface area contributed by atoms with E-state index in [9.17, 15) is 4.79 Å². The highest BCUT2D eigenvalue weighted by atomic mass is 16.1. The van der Waals surface area contributed by atoms with Crippen LogP contribution in [0, 0.1) is 0 Å². The maximum absolute atomic E-state index is 10.5. The van der Waals surface area contributed by atoms with Gasteiger partial charge in [-0.1, -0.05) is 0 Å². The van der Waals surface area contributed by atoms with E-state index in [-0.39, 0.29) is 5.56 Å². The molecule has 0 bridgehead atoms. The highest BCUT2D eigenvalue weighted by molar-refractivity contribution is 5.11. The summed E-state index contributed by atoms with van der Waals surface area (Å²) >= 11 is 0. The monoisotopic (exact) mass is 124 g/mol. The first kappa shape index (κ1) is 4.85. The standard InChI is InChI=1S/C6H8N2O/c9-6-3-5(7-8-6)4-1-2-4/h3-4H,1-2H2,(H2,7,8,9). The molecule has 0 amide bonds. The summed E-state index contributed by atoms with van der Waals surface area (Å²) in [5.41, 5.74) is 1.05. The minimum absolute atomic E-state index is 0.0168. The summed E-state index contributed by atoms with van der Waals surface area (Å²) in [5.74, 6) is 0.643. The Labute approximate surface area is 52.1 Å². The van der Waals surface area contributed by atoms with E-state index in [1.807, 2.05) is 0 Å². The van der Waals surface area contributed by atoms with Crippen molar-refractivity contribution < 1.29 is 0 Å². The molecule has 1 aromatic heterocycles. The summed E-state index contributed by atoms with van der Waals surface area (Å²) in [6, 6.07) is 1.64. The highest BCUT2D eigenvalue weighted by Gasteiger charge is 2.24. The van der Waals surface area contributed by atoms with Crippen molar-refractivity contribution in [3.63, 3.8) is 0 Å². The Morgan fingerprint density at radius 2 is 2.22 bits per heavy atom. The van der Waals surface area contributed by atoms with E-state index in [0.29, 0.717) is 5.92 Å². The van der Waals surface area contributed by atoms with Gasteiger partial charge in [0, 0.05) is 17.7 Å². The predicted molar refractivity (Wildman–Crippen MR) is 33.4 cm³/mol. The van der Waals surface area contributed by atoms with Gasteiger partial charge in [0.15, 0.2) is 0 Å². The molecule has 0 saturated heterocycles. The highest BCUT2D eigenvalue weighted by Crippen LogP contribution is 2.37. The maximum Gasteiger partial charge on any atom is 0.264 e. The first-order valence-corrected chi connectivity index (χ1v) is 3.14. The zero-order chi connectivity index (χ0) is 6.27. The van der Waals surface area contributed by atoms with E-state index >= 15 is 0 Å². The SMILES string of the molecule is O=c1cc(C2CC2)[nH][nH]1. The molecule has 3 heteroatoms. The van der Waals surface area contributed by atoms with E-state index in [0.717, 1.165) is 5.69 Å². The summed E-state index contributed by atoms with van der Waals surface area (Å²) in [6.07, 6.45) is 2.46. The van der Waals surface area contributed by atoms with Crippen molar-refractivity contribution >= 4 is 0 Å².